The van der Waals surface area contributed by atoms with Gasteiger partial charge in [-0.2, -0.15) is 0 Å². The second-order valence-electron chi connectivity index (χ2n) is 7.69. The number of nitrogens with one attached hydrogen (secondary N) is 2. The van der Waals surface area contributed by atoms with Gasteiger partial charge in [-0.25, -0.2) is 0 Å². The number of nitrogens with zero attached hydrogens (tertiary/aromatic N) is 2. The minimum atomic E-state index is -0.294. The number of para-hydroxylation sites is 1. The number of carbonyl (C=O) groups is 1. The zero-order valence-corrected chi connectivity index (χ0v) is 18.6. The number of ether oxygens (including phenoxy) is 1. The molecule has 1 saturated heterocycles. The van der Waals surface area contributed by atoms with E-state index in [4.69, 9.17) is 17.0 Å². The van der Waals surface area contributed by atoms with Crippen molar-refractivity contribution in [3.8, 4) is 11.5 Å². The van der Waals surface area contributed by atoms with Gasteiger partial charge in [0.05, 0.1) is 5.56 Å². The second-order valence-corrected chi connectivity index (χ2v) is 8.10. The van der Waals surface area contributed by atoms with Gasteiger partial charge in [-0.3, -0.25) is 15.1 Å². The number of anilines is 1. The van der Waals surface area contributed by atoms with Crippen molar-refractivity contribution in [1.82, 2.24) is 15.2 Å². The van der Waals surface area contributed by atoms with Gasteiger partial charge < -0.3 is 15.0 Å². The van der Waals surface area contributed by atoms with Crippen LogP contribution in [-0.4, -0.2) is 40.5 Å². The van der Waals surface area contributed by atoms with Gasteiger partial charge >= 0.3 is 0 Å². The van der Waals surface area contributed by atoms with Crippen LogP contribution in [0.3, 0.4) is 0 Å². The van der Waals surface area contributed by atoms with Gasteiger partial charge in [-0.1, -0.05) is 24.3 Å². The number of hydrogen-bond donors (Lipinski definition) is 2. The lowest BCUT2D eigenvalue weighted by Crippen LogP contribution is -2.34. The predicted molar refractivity (Wildman–Crippen MR) is 130 cm³/mol. The van der Waals surface area contributed by atoms with Crippen LogP contribution in [0.25, 0.3) is 0 Å². The van der Waals surface area contributed by atoms with Gasteiger partial charge in [-0.05, 0) is 74.5 Å². The standard InChI is InChI=1S/C25H26N4O2S/c30-24(19-11-12-20(26-18-19)13-16-29-14-4-5-15-29)28-25(32)27-21-7-6-10-23(17-21)31-22-8-2-1-3-9-22/h1-3,6-12,17-18H,4-5,13-16H2,(H2,27,28,30,32). The molecule has 7 heteroatoms. The van der Waals surface area contributed by atoms with E-state index in [-0.39, 0.29) is 11.0 Å². The molecule has 0 saturated carbocycles. The molecule has 0 atom stereocenters. The summed E-state index contributed by atoms with van der Waals surface area (Å²) in [4.78, 5) is 19.4. The first kappa shape index (κ1) is 21.9. The molecule has 0 aliphatic carbocycles. The van der Waals surface area contributed by atoms with Crippen molar-refractivity contribution in [2.24, 2.45) is 0 Å². The number of hydrogen-bond acceptors (Lipinski definition) is 5. The Labute approximate surface area is 193 Å². The SMILES string of the molecule is O=C(NC(=S)Nc1cccc(Oc2ccccc2)c1)c1ccc(CCN2CCCC2)nc1. The summed E-state index contributed by atoms with van der Waals surface area (Å²) in [7, 11) is 0. The lowest BCUT2D eigenvalue weighted by atomic mass is 10.2. The van der Waals surface area contributed by atoms with Crippen LogP contribution in [-0.2, 0) is 6.42 Å². The third-order valence-electron chi connectivity index (χ3n) is 5.27. The fourth-order valence-electron chi connectivity index (χ4n) is 3.59. The molecule has 3 aromatic rings. The normalized spacial score (nSPS) is 13.5. The van der Waals surface area contributed by atoms with Crippen molar-refractivity contribution >= 4 is 28.9 Å². The highest BCUT2D eigenvalue weighted by atomic mass is 32.1. The van der Waals surface area contributed by atoms with E-state index in [9.17, 15) is 4.79 Å². The van der Waals surface area contributed by atoms with E-state index < -0.39 is 0 Å². The van der Waals surface area contributed by atoms with Gasteiger partial charge in [0.2, 0.25) is 0 Å². The molecule has 0 bridgehead atoms. The maximum absolute atomic E-state index is 12.5. The van der Waals surface area contributed by atoms with Crippen molar-refractivity contribution in [3.05, 3.63) is 84.2 Å². The van der Waals surface area contributed by atoms with E-state index in [2.05, 4.69) is 20.5 Å². The highest BCUT2D eigenvalue weighted by Crippen LogP contribution is 2.23. The number of carbonyl (C=O) groups excluding carboxylic acids is 1. The van der Waals surface area contributed by atoms with Gasteiger partial charge in [-0.15, -0.1) is 0 Å². The molecular weight excluding hydrogens is 420 g/mol. The number of likely N-dealkylation sites (tertiary alicyclic amines) is 1. The quantitative estimate of drug-likeness (QED) is 0.516. The van der Waals surface area contributed by atoms with Crippen LogP contribution in [0.5, 0.6) is 11.5 Å². The summed E-state index contributed by atoms with van der Waals surface area (Å²) in [5.41, 5.74) is 2.18. The Bertz CT molecular complexity index is 1050. The topological polar surface area (TPSA) is 66.5 Å². The molecule has 1 aromatic heterocycles. The first-order valence-electron chi connectivity index (χ1n) is 10.8. The summed E-state index contributed by atoms with van der Waals surface area (Å²) in [5, 5.41) is 5.94. The van der Waals surface area contributed by atoms with Crippen LogP contribution in [0.1, 0.15) is 28.9 Å². The maximum atomic E-state index is 12.5. The minimum absolute atomic E-state index is 0.213. The van der Waals surface area contributed by atoms with Crippen LogP contribution < -0.4 is 15.4 Å². The molecule has 2 aromatic carbocycles. The third-order valence-corrected chi connectivity index (χ3v) is 5.47. The zero-order valence-electron chi connectivity index (χ0n) is 17.8. The molecule has 4 rings (SSSR count). The Kier molecular flexibility index (Phi) is 7.42. The average molecular weight is 447 g/mol. The molecule has 0 spiro atoms. The van der Waals surface area contributed by atoms with Gasteiger partial charge in [0.1, 0.15) is 11.5 Å². The number of benzene rings is 2. The van der Waals surface area contributed by atoms with Crippen LogP contribution in [0.4, 0.5) is 5.69 Å². The first-order valence-corrected chi connectivity index (χ1v) is 11.2. The molecule has 164 valence electrons. The third kappa shape index (κ3) is 6.35. The Morgan fingerprint density at radius 2 is 1.78 bits per heavy atom. The predicted octanol–water partition coefficient (Wildman–Crippen LogP) is 4.64. The molecule has 1 amide bonds. The average Bonchev–Trinajstić information content (AvgIpc) is 3.33. The second kappa shape index (κ2) is 10.8. The lowest BCUT2D eigenvalue weighted by molar-refractivity contribution is 0.0977. The molecule has 0 radical (unpaired) electrons. The van der Waals surface area contributed by atoms with Gasteiger partial charge in [0.25, 0.3) is 5.91 Å². The van der Waals surface area contributed by atoms with Crippen molar-refractivity contribution in [2.75, 3.05) is 25.0 Å². The number of thiocarbonyl (C=S) groups is 1. The van der Waals surface area contributed by atoms with E-state index in [0.717, 1.165) is 30.1 Å². The van der Waals surface area contributed by atoms with Crippen molar-refractivity contribution < 1.29 is 9.53 Å². The Morgan fingerprint density at radius 1 is 1.00 bits per heavy atom. The summed E-state index contributed by atoms with van der Waals surface area (Å²) in [6.07, 6.45) is 5.06. The molecule has 32 heavy (non-hydrogen) atoms. The van der Waals surface area contributed by atoms with Crippen LogP contribution >= 0.6 is 12.2 Å². The highest BCUT2D eigenvalue weighted by Gasteiger charge is 2.12. The fourth-order valence-corrected chi connectivity index (χ4v) is 3.80. The summed E-state index contributed by atoms with van der Waals surface area (Å²) < 4.78 is 5.83. The molecule has 2 N–H and O–H groups in total. The number of aromatic nitrogens is 1. The number of amides is 1. The van der Waals surface area contributed by atoms with Crippen LogP contribution in [0.15, 0.2) is 72.9 Å². The molecular formula is C25H26N4O2S. The molecule has 1 aliphatic rings. The molecule has 6 nitrogen and oxygen atoms in total. The monoisotopic (exact) mass is 446 g/mol. The summed E-state index contributed by atoms with van der Waals surface area (Å²) in [5.74, 6) is 1.12. The van der Waals surface area contributed by atoms with Crippen LogP contribution in [0, 0.1) is 0 Å². The van der Waals surface area contributed by atoms with Gasteiger partial charge in [0, 0.05) is 36.6 Å². The molecule has 1 fully saturated rings. The van der Waals surface area contributed by atoms with Gasteiger partial charge in [0.15, 0.2) is 5.11 Å². The van der Waals surface area contributed by atoms with Crippen molar-refractivity contribution in [2.45, 2.75) is 19.3 Å². The van der Waals surface area contributed by atoms with E-state index >= 15 is 0 Å². The van der Waals surface area contributed by atoms with Crippen LogP contribution in [0.2, 0.25) is 0 Å². The van der Waals surface area contributed by atoms with E-state index in [1.54, 1.807) is 12.3 Å². The lowest BCUT2D eigenvalue weighted by Gasteiger charge is -2.14. The van der Waals surface area contributed by atoms with Crippen molar-refractivity contribution in [3.63, 3.8) is 0 Å². The smallest absolute Gasteiger partial charge is 0.258 e. The minimum Gasteiger partial charge on any atom is -0.457 e. The number of pyridine rings is 1. The van der Waals surface area contributed by atoms with E-state index in [0.29, 0.717) is 11.3 Å². The van der Waals surface area contributed by atoms with Crippen molar-refractivity contribution in [1.29, 1.82) is 0 Å². The summed E-state index contributed by atoms with van der Waals surface area (Å²) in [6, 6.07) is 20.6. The Morgan fingerprint density at radius 3 is 2.53 bits per heavy atom. The highest BCUT2D eigenvalue weighted by molar-refractivity contribution is 7.80. The van der Waals surface area contributed by atoms with E-state index in [1.807, 2.05) is 60.7 Å². The molecule has 2 heterocycles. The largest absolute Gasteiger partial charge is 0.457 e. The fraction of sp³-hybridized carbons (Fsp3) is 0.240. The Balaban J connectivity index is 1.28. The number of rotatable bonds is 7. The molecule has 1 aliphatic heterocycles. The summed E-state index contributed by atoms with van der Waals surface area (Å²) in [6.45, 7) is 3.36. The Hall–Kier alpha value is -3.29. The maximum Gasteiger partial charge on any atom is 0.258 e. The summed E-state index contributed by atoms with van der Waals surface area (Å²) >= 11 is 5.30. The van der Waals surface area contributed by atoms with E-state index in [1.165, 1.54) is 25.9 Å². The first-order chi connectivity index (χ1) is 15.7. The molecule has 0 unspecified atom stereocenters. The zero-order chi connectivity index (χ0) is 22.2.